The maximum absolute atomic E-state index is 13.2. The highest BCUT2D eigenvalue weighted by molar-refractivity contribution is 6.01. The van der Waals surface area contributed by atoms with Crippen LogP contribution in [-0.4, -0.2) is 37.4 Å². The molecule has 0 aromatic heterocycles. The monoisotopic (exact) mass is 535 g/mol. The number of piperidine rings is 1. The summed E-state index contributed by atoms with van der Waals surface area (Å²) in [5, 5.41) is 6.28. The van der Waals surface area contributed by atoms with Crippen molar-refractivity contribution in [3.8, 4) is 0 Å². The van der Waals surface area contributed by atoms with Gasteiger partial charge in [0.25, 0.3) is 0 Å². The van der Waals surface area contributed by atoms with Gasteiger partial charge in [0.1, 0.15) is 6.61 Å². The molecule has 1 fully saturated rings. The molecule has 40 heavy (non-hydrogen) atoms. The number of benzene rings is 3. The van der Waals surface area contributed by atoms with Gasteiger partial charge in [0, 0.05) is 36.1 Å². The first-order chi connectivity index (χ1) is 19.6. The fraction of sp³-hybridized carbons (Fsp3) is 0.294. The zero-order chi connectivity index (χ0) is 27.9. The molecule has 6 nitrogen and oxygen atoms in total. The van der Waals surface area contributed by atoms with Crippen LogP contribution in [0.1, 0.15) is 61.3 Å². The molecule has 3 aromatic carbocycles. The van der Waals surface area contributed by atoms with E-state index in [2.05, 4.69) is 71.5 Å². The highest BCUT2D eigenvalue weighted by atomic mass is 16.5. The van der Waals surface area contributed by atoms with Gasteiger partial charge in [-0.15, -0.1) is 0 Å². The Morgan fingerprint density at radius 2 is 1.68 bits per heavy atom. The molecule has 206 valence electrons. The van der Waals surface area contributed by atoms with Crippen LogP contribution >= 0.6 is 0 Å². The van der Waals surface area contributed by atoms with E-state index < -0.39 is 5.97 Å². The van der Waals surface area contributed by atoms with Crippen molar-refractivity contribution in [2.75, 3.05) is 25.1 Å². The van der Waals surface area contributed by atoms with Crippen molar-refractivity contribution in [3.63, 3.8) is 0 Å². The van der Waals surface area contributed by atoms with Gasteiger partial charge < -0.3 is 14.4 Å². The largest absolute Gasteiger partial charge is 0.486 e. The number of anilines is 1. The lowest BCUT2D eigenvalue weighted by Crippen LogP contribution is -2.33. The van der Waals surface area contributed by atoms with Crippen LogP contribution in [0.5, 0.6) is 0 Å². The Balaban J connectivity index is 1.53. The number of ether oxygens (including phenoxy) is 2. The Hall–Kier alpha value is -4.32. The Morgan fingerprint density at radius 3 is 2.33 bits per heavy atom. The van der Waals surface area contributed by atoms with Gasteiger partial charge in [0.2, 0.25) is 0 Å². The number of hydrazone groups is 1. The number of rotatable bonds is 8. The van der Waals surface area contributed by atoms with Gasteiger partial charge in [-0.05, 0) is 61.4 Å². The summed E-state index contributed by atoms with van der Waals surface area (Å²) in [5.41, 5.74) is 6.59. The molecule has 0 bridgehead atoms. The van der Waals surface area contributed by atoms with Crippen molar-refractivity contribution >= 4 is 29.3 Å². The number of esters is 1. The van der Waals surface area contributed by atoms with Gasteiger partial charge in [0.15, 0.2) is 11.5 Å². The minimum Gasteiger partial charge on any atom is -0.486 e. The summed E-state index contributed by atoms with van der Waals surface area (Å²) in [5.74, 6) is 0.566. The zero-order valence-electron chi connectivity index (χ0n) is 23.5. The number of nitrogens with zero attached hydrogens (tertiary/aromatic N) is 3. The standard InChI is InChI=1S/C34H37N3O3/c1-4-12-31-30-23-28(36-21-19-27(20-22-36)26-15-10-7-11-16-26)17-18-29(30)33(40-24-25-13-8-6-9-14-25)32(34(38)39-3)37(31)35-5-2/h5-18,23,27H,4,19-22,24H2,1-3H3/b31-12+,35-5-. The second kappa shape index (κ2) is 12.7. The first-order valence-corrected chi connectivity index (χ1v) is 14.1. The number of hydrogen-bond donors (Lipinski definition) is 0. The lowest BCUT2D eigenvalue weighted by atomic mass is 9.89. The van der Waals surface area contributed by atoms with Gasteiger partial charge in [-0.2, -0.15) is 5.10 Å². The summed E-state index contributed by atoms with van der Waals surface area (Å²) in [6.07, 6.45) is 6.80. The first-order valence-electron chi connectivity index (χ1n) is 14.1. The fourth-order valence-corrected chi connectivity index (χ4v) is 5.57. The van der Waals surface area contributed by atoms with Crippen LogP contribution in [0.3, 0.4) is 0 Å². The molecule has 3 aromatic rings. The van der Waals surface area contributed by atoms with E-state index in [0.717, 1.165) is 60.4 Å². The zero-order valence-corrected chi connectivity index (χ0v) is 23.5. The molecule has 1 saturated heterocycles. The molecule has 0 atom stereocenters. The van der Waals surface area contributed by atoms with Crippen LogP contribution in [0, 0.1) is 0 Å². The van der Waals surface area contributed by atoms with E-state index in [1.165, 1.54) is 12.7 Å². The molecule has 2 heterocycles. The molecule has 0 spiro atoms. The predicted octanol–water partition coefficient (Wildman–Crippen LogP) is 7.20. The van der Waals surface area contributed by atoms with Gasteiger partial charge in [-0.25, -0.2) is 9.80 Å². The van der Waals surface area contributed by atoms with Crippen LogP contribution in [0.15, 0.2) is 95.7 Å². The summed E-state index contributed by atoms with van der Waals surface area (Å²) in [4.78, 5) is 15.6. The van der Waals surface area contributed by atoms with Crippen LogP contribution in [0.2, 0.25) is 0 Å². The van der Waals surface area contributed by atoms with E-state index >= 15 is 0 Å². The lowest BCUT2D eigenvalue weighted by molar-refractivity contribution is -0.137. The third-order valence-corrected chi connectivity index (χ3v) is 7.54. The van der Waals surface area contributed by atoms with Gasteiger partial charge in [-0.3, -0.25) is 0 Å². The Bertz CT molecular complexity index is 1400. The van der Waals surface area contributed by atoms with Crippen molar-refractivity contribution < 1.29 is 14.3 Å². The highest BCUT2D eigenvalue weighted by Gasteiger charge is 2.36. The summed E-state index contributed by atoms with van der Waals surface area (Å²) in [6.45, 7) is 6.22. The van der Waals surface area contributed by atoms with Crippen molar-refractivity contribution in [2.45, 2.75) is 45.6 Å². The molecule has 2 aliphatic heterocycles. The molecule has 0 radical (unpaired) electrons. The highest BCUT2D eigenvalue weighted by Crippen LogP contribution is 2.42. The summed E-state index contributed by atoms with van der Waals surface area (Å²) >= 11 is 0. The summed E-state index contributed by atoms with van der Waals surface area (Å²) < 4.78 is 11.6. The topological polar surface area (TPSA) is 54.4 Å². The lowest BCUT2D eigenvalue weighted by Gasteiger charge is -2.36. The smallest absolute Gasteiger partial charge is 0.360 e. The van der Waals surface area contributed by atoms with Crippen molar-refractivity contribution in [1.82, 2.24) is 5.01 Å². The Labute approximate surface area is 237 Å². The van der Waals surface area contributed by atoms with Crippen molar-refractivity contribution in [2.24, 2.45) is 5.10 Å². The molecule has 0 unspecified atom stereocenters. The van der Waals surface area contributed by atoms with Crippen LogP contribution in [-0.2, 0) is 20.9 Å². The minimum atomic E-state index is -0.492. The SMILES string of the molecule is C/C=N\N1C(C(=O)OC)=C(OCc2ccccc2)c2ccc(N3CCC(c4ccccc4)CC3)cc2/C1=C\CC. The number of fused-ring (bicyclic) bond motifs is 1. The first kappa shape index (κ1) is 27.3. The molecule has 5 rings (SSSR count). The minimum absolute atomic E-state index is 0.278. The maximum Gasteiger partial charge on any atom is 0.360 e. The van der Waals surface area contributed by atoms with E-state index in [1.807, 2.05) is 37.3 Å². The quantitative estimate of drug-likeness (QED) is 0.226. The Morgan fingerprint density at radius 1 is 0.975 bits per heavy atom. The molecule has 0 N–H and O–H groups in total. The molecular weight excluding hydrogens is 498 g/mol. The van der Waals surface area contributed by atoms with E-state index in [0.29, 0.717) is 18.3 Å². The fourth-order valence-electron chi connectivity index (χ4n) is 5.57. The summed E-state index contributed by atoms with van der Waals surface area (Å²) in [7, 11) is 1.39. The number of hydrogen-bond acceptors (Lipinski definition) is 6. The van der Waals surface area contributed by atoms with Gasteiger partial charge in [0.05, 0.1) is 12.8 Å². The molecule has 6 heteroatoms. The predicted molar refractivity (Wildman–Crippen MR) is 162 cm³/mol. The maximum atomic E-state index is 13.2. The summed E-state index contributed by atoms with van der Waals surface area (Å²) in [6, 6.07) is 27.2. The second-order valence-corrected chi connectivity index (χ2v) is 10.0. The molecule has 2 aliphatic rings. The van der Waals surface area contributed by atoms with Crippen LogP contribution < -0.4 is 4.90 Å². The van der Waals surface area contributed by atoms with Crippen molar-refractivity contribution in [3.05, 3.63) is 113 Å². The average molecular weight is 536 g/mol. The van der Waals surface area contributed by atoms with Crippen LogP contribution in [0.25, 0.3) is 11.5 Å². The molecule has 0 amide bonds. The number of methoxy groups -OCH3 is 1. The normalized spacial score (nSPS) is 16.9. The second-order valence-electron chi connectivity index (χ2n) is 10.0. The van der Waals surface area contributed by atoms with Gasteiger partial charge >= 0.3 is 5.97 Å². The third kappa shape index (κ3) is 5.67. The Kier molecular flexibility index (Phi) is 8.65. The third-order valence-electron chi connectivity index (χ3n) is 7.54. The molecular formula is C34H37N3O3. The number of carbonyl (C=O) groups excluding carboxylic acids is 1. The molecule has 0 aliphatic carbocycles. The van der Waals surface area contributed by atoms with E-state index in [-0.39, 0.29) is 5.70 Å². The van der Waals surface area contributed by atoms with Crippen LogP contribution in [0.4, 0.5) is 5.69 Å². The number of allylic oxidation sites excluding steroid dienone is 1. The van der Waals surface area contributed by atoms with Gasteiger partial charge in [-0.1, -0.05) is 73.7 Å². The average Bonchev–Trinajstić information content (AvgIpc) is 3.01. The van der Waals surface area contributed by atoms with Crippen molar-refractivity contribution in [1.29, 1.82) is 0 Å². The van der Waals surface area contributed by atoms with E-state index in [4.69, 9.17) is 9.47 Å². The molecule has 0 saturated carbocycles. The number of carbonyl (C=O) groups is 1. The van der Waals surface area contributed by atoms with E-state index in [9.17, 15) is 4.79 Å². The van der Waals surface area contributed by atoms with E-state index in [1.54, 1.807) is 11.2 Å².